The Kier molecular flexibility index (Phi) is 5.78. The summed E-state index contributed by atoms with van der Waals surface area (Å²) < 4.78 is 0. The molecule has 0 saturated carbocycles. The number of rotatable bonds is 2. The molecule has 0 atom stereocenters. The van der Waals surface area contributed by atoms with E-state index in [0.29, 0.717) is 11.3 Å². The maximum atomic E-state index is 11.0. The molecule has 0 bridgehead atoms. The molecule has 0 fully saturated rings. The Hall–Kier alpha value is -2.29. The second-order valence-electron chi connectivity index (χ2n) is 4.81. The fourth-order valence-corrected chi connectivity index (χ4v) is 1.65. The Morgan fingerprint density at radius 2 is 1.65 bits per heavy atom. The van der Waals surface area contributed by atoms with Gasteiger partial charge in [0.1, 0.15) is 5.75 Å². The lowest BCUT2D eigenvalue weighted by atomic mass is 10.1. The lowest BCUT2D eigenvalue weighted by Crippen LogP contribution is -2.09. The minimum absolute atomic E-state index is 0.0411. The summed E-state index contributed by atoms with van der Waals surface area (Å²) >= 11 is 0. The van der Waals surface area contributed by atoms with E-state index in [1.807, 2.05) is 32.3 Å². The van der Waals surface area contributed by atoms with Gasteiger partial charge in [-0.1, -0.05) is 35.9 Å². The molecule has 0 aliphatic rings. The van der Waals surface area contributed by atoms with Crippen LogP contribution < -0.4 is 4.90 Å². The number of ketones is 1. The third-order valence-electron chi connectivity index (χ3n) is 2.80. The van der Waals surface area contributed by atoms with Crippen LogP contribution in [-0.4, -0.2) is 25.0 Å². The van der Waals surface area contributed by atoms with Crippen molar-refractivity contribution in [2.45, 2.75) is 13.8 Å². The predicted molar refractivity (Wildman–Crippen MR) is 83.6 cm³/mol. The van der Waals surface area contributed by atoms with Crippen LogP contribution in [0, 0.1) is 6.92 Å². The van der Waals surface area contributed by atoms with E-state index in [1.165, 1.54) is 18.6 Å². The highest BCUT2D eigenvalue weighted by Crippen LogP contribution is 2.26. The van der Waals surface area contributed by atoms with Crippen molar-refractivity contribution in [3.05, 3.63) is 59.7 Å². The monoisotopic (exact) mass is 271 g/mol. The quantitative estimate of drug-likeness (QED) is 0.847. The SMILES string of the molecule is CC(=O)c1ccc(N(C)C)c(O)c1.Cc1ccccc1. The second-order valence-corrected chi connectivity index (χ2v) is 4.81. The third kappa shape index (κ3) is 4.76. The number of anilines is 1. The molecule has 20 heavy (non-hydrogen) atoms. The van der Waals surface area contributed by atoms with Gasteiger partial charge in [0.15, 0.2) is 5.78 Å². The van der Waals surface area contributed by atoms with Gasteiger partial charge < -0.3 is 10.0 Å². The summed E-state index contributed by atoms with van der Waals surface area (Å²) in [6.07, 6.45) is 0. The van der Waals surface area contributed by atoms with Crippen molar-refractivity contribution < 1.29 is 9.90 Å². The van der Waals surface area contributed by atoms with Gasteiger partial charge in [-0.2, -0.15) is 0 Å². The molecule has 0 unspecified atom stereocenters. The molecule has 3 nitrogen and oxygen atoms in total. The van der Waals surface area contributed by atoms with E-state index < -0.39 is 0 Å². The second kappa shape index (κ2) is 7.34. The van der Waals surface area contributed by atoms with Crippen LogP contribution in [-0.2, 0) is 0 Å². The standard InChI is InChI=1S/C10H13NO2.C7H8/c1-7(12)8-4-5-9(11(2)3)10(13)6-8;1-7-5-3-2-4-6-7/h4-6,13H,1-3H3;2-6H,1H3. The summed E-state index contributed by atoms with van der Waals surface area (Å²) in [5.41, 5.74) is 2.57. The fraction of sp³-hybridized carbons (Fsp3) is 0.235. The first kappa shape index (κ1) is 15.8. The summed E-state index contributed by atoms with van der Waals surface area (Å²) in [4.78, 5) is 12.7. The number of aromatic hydroxyl groups is 1. The number of hydrogen-bond acceptors (Lipinski definition) is 3. The van der Waals surface area contributed by atoms with E-state index in [4.69, 9.17) is 0 Å². The summed E-state index contributed by atoms with van der Waals surface area (Å²) in [5.74, 6) is 0.0957. The maximum Gasteiger partial charge on any atom is 0.159 e. The van der Waals surface area contributed by atoms with Gasteiger partial charge in [-0.15, -0.1) is 0 Å². The van der Waals surface area contributed by atoms with Crippen molar-refractivity contribution in [1.82, 2.24) is 0 Å². The summed E-state index contributed by atoms with van der Waals surface area (Å²) in [6, 6.07) is 15.2. The Labute approximate surface area is 120 Å². The Morgan fingerprint density at radius 1 is 1.05 bits per heavy atom. The molecule has 0 aliphatic carbocycles. The lowest BCUT2D eigenvalue weighted by Gasteiger charge is -2.14. The van der Waals surface area contributed by atoms with Crippen LogP contribution >= 0.6 is 0 Å². The lowest BCUT2D eigenvalue weighted by molar-refractivity contribution is 0.101. The molecule has 0 aromatic heterocycles. The highest BCUT2D eigenvalue weighted by Gasteiger charge is 2.06. The summed E-state index contributed by atoms with van der Waals surface area (Å²) in [7, 11) is 3.67. The van der Waals surface area contributed by atoms with E-state index in [2.05, 4.69) is 19.1 Å². The molecule has 2 rings (SSSR count). The molecule has 106 valence electrons. The van der Waals surface area contributed by atoms with Gasteiger partial charge in [-0.25, -0.2) is 0 Å². The molecule has 0 saturated heterocycles. The summed E-state index contributed by atoms with van der Waals surface area (Å²) in [6.45, 7) is 3.56. The first-order valence-corrected chi connectivity index (χ1v) is 6.44. The average Bonchev–Trinajstić information content (AvgIpc) is 2.39. The molecule has 2 aromatic rings. The minimum Gasteiger partial charge on any atom is -0.506 e. The van der Waals surface area contributed by atoms with Gasteiger partial charge >= 0.3 is 0 Å². The van der Waals surface area contributed by atoms with Gasteiger partial charge in [-0.3, -0.25) is 4.79 Å². The number of benzene rings is 2. The zero-order valence-corrected chi connectivity index (χ0v) is 12.4. The van der Waals surface area contributed by atoms with Crippen molar-refractivity contribution in [1.29, 1.82) is 0 Å². The normalized spacial score (nSPS) is 9.40. The van der Waals surface area contributed by atoms with Crippen LogP contribution in [0.4, 0.5) is 5.69 Å². The number of carbonyl (C=O) groups excluding carboxylic acids is 1. The number of carbonyl (C=O) groups is 1. The van der Waals surface area contributed by atoms with Crippen LogP contribution in [0.2, 0.25) is 0 Å². The molecule has 3 heteroatoms. The smallest absolute Gasteiger partial charge is 0.159 e. The van der Waals surface area contributed by atoms with Crippen LogP contribution in [0.25, 0.3) is 0 Å². The van der Waals surface area contributed by atoms with E-state index in [0.717, 1.165) is 0 Å². The number of phenols is 1. The van der Waals surface area contributed by atoms with Crippen molar-refractivity contribution in [2.24, 2.45) is 0 Å². The Morgan fingerprint density at radius 3 is 2.00 bits per heavy atom. The van der Waals surface area contributed by atoms with Crippen LogP contribution in [0.3, 0.4) is 0 Å². The van der Waals surface area contributed by atoms with Crippen LogP contribution in [0.5, 0.6) is 5.75 Å². The van der Waals surface area contributed by atoms with Gasteiger partial charge in [-0.05, 0) is 32.0 Å². The molecule has 0 spiro atoms. The number of aryl methyl sites for hydroxylation is 1. The largest absolute Gasteiger partial charge is 0.506 e. The van der Waals surface area contributed by atoms with Gasteiger partial charge in [0.2, 0.25) is 0 Å². The van der Waals surface area contributed by atoms with Gasteiger partial charge in [0, 0.05) is 19.7 Å². The third-order valence-corrected chi connectivity index (χ3v) is 2.80. The first-order chi connectivity index (χ1) is 9.41. The average molecular weight is 271 g/mol. The zero-order chi connectivity index (χ0) is 15.1. The highest BCUT2D eigenvalue weighted by atomic mass is 16.3. The Balaban J connectivity index is 0.000000240. The number of nitrogens with zero attached hydrogens (tertiary/aromatic N) is 1. The van der Waals surface area contributed by atoms with Crippen LogP contribution in [0.1, 0.15) is 22.8 Å². The summed E-state index contributed by atoms with van der Waals surface area (Å²) in [5, 5.41) is 9.52. The van der Waals surface area contributed by atoms with E-state index in [9.17, 15) is 9.90 Å². The number of hydrogen-bond donors (Lipinski definition) is 1. The van der Waals surface area contributed by atoms with Gasteiger partial charge in [0.05, 0.1) is 5.69 Å². The molecule has 0 heterocycles. The topological polar surface area (TPSA) is 40.5 Å². The number of Topliss-reactive ketones (excluding diaryl/α,β-unsaturated/α-hetero) is 1. The minimum atomic E-state index is -0.0411. The van der Waals surface area contributed by atoms with E-state index in [1.54, 1.807) is 17.0 Å². The number of phenolic OH excluding ortho intramolecular Hbond substituents is 1. The molecular formula is C17H21NO2. The molecule has 0 aliphatic heterocycles. The van der Waals surface area contributed by atoms with Crippen molar-refractivity contribution in [2.75, 3.05) is 19.0 Å². The molecular weight excluding hydrogens is 250 g/mol. The van der Waals surface area contributed by atoms with Crippen molar-refractivity contribution >= 4 is 11.5 Å². The molecule has 1 N–H and O–H groups in total. The molecule has 2 aromatic carbocycles. The molecule has 0 radical (unpaired) electrons. The van der Waals surface area contributed by atoms with Crippen LogP contribution in [0.15, 0.2) is 48.5 Å². The fourth-order valence-electron chi connectivity index (χ4n) is 1.65. The zero-order valence-electron chi connectivity index (χ0n) is 12.4. The first-order valence-electron chi connectivity index (χ1n) is 6.44. The van der Waals surface area contributed by atoms with Crippen molar-refractivity contribution in [3.63, 3.8) is 0 Å². The van der Waals surface area contributed by atoms with E-state index >= 15 is 0 Å². The predicted octanol–water partition coefficient (Wildman–Crippen LogP) is 3.66. The Bertz CT molecular complexity index is 562. The van der Waals surface area contributed by atoms with Crippen molar-refractivity contribution in [3.8, 4) is 5.75 Å². The maximum absolute atomic E-state index is 11.0. The molecule has 0 amide bonds. The van der Waals surface area contributed by atoms with Gasteiger partial charge in [0.25, 0.3) is 0 Å². The highest BCUT2D eigenvalue weighted by molar-refractivity contribution is 5.95. The van der Waals surface area contributed by atoms with E-state index in [-0.39, 0.29) is 11.5 Å².